The summed E-state index contributed by atoms with van der Waals surface area (Å²) in [6.45, 7) is 11.6. The SMILES string of the molecule is CNC(C)c1c(C)nn(CCS(=O)(=O)C(C)(C)C)c1C. The lowest BCUT2D eigenvalue weighted by Crippen LogP contribution is -2.32. The Hall–Kier alpha value is -0.880. The Bertz CT molecular complexity index is 568. The first-order valence-corrected chi connectivity index (χ1v) is 8.60. The zero-order valence-corrected chi connectivity index (χ0v) is 14.4. The van der Waals surface area contributed by atoms with Gasteiger partial charge in [-0.05, 0) is 48.6 Å². The molecule has 0 aromatic carbocycles. The van der Waals surface area contributed by atoms with E-state index in [0.29, 0.717) is 6.54 Å². The zero-order chi connectivity index (χ0) is 15.7. The summed E-state index contributed by atoms with van der Waals surface area (Å²) in [4.78, 5) is 0. The van der Waals surface area contributed by atoms with Crippen molar-refractivity contribution in [3.8, 4) is 0 Å². The lowest BCUT2D eigenvalue weighted by atomic mass is 10.1. The number of sulfone groups is 1. The Morgan fingerprint density at radius 2 is 1.85 bits per heavy atom. The van der Waals surface area contributed by atoms with E-state index in [2.05, 4.69) is 17.3 Å². The summed E-state index contributed by atoms with van der Waals surface area (Å²) in [7, 11) is -1.21. The minimum absolute atomic E-state index is 0.117. The van der Waals surface area contributed by atoms with E-state index in [1.165, 1.54) is 0 Å². The molecule has 0 saturated heterocycles. The van der Waals surface area contributed by atoms with Gasteiger partial charge in [-0.1, -0.05) is 0 Å². The molecule has 6 heteroatoms. The van der Waals surface area contributed by atoms with Gasteiger partial charge in [0.05, 0.1) is 22.7 Å². The van der Waals surface area contributed by atoms with Crippen molar-refractivity contribution in [3.63, 3.8) is 0 Å². The fraction of sp³-hybridized carbons (Fsp3) is 0.786. The molecular weight excluding hydrogens is 274 g/mol. The fourth-order valence-electron chi connectivity index (χ4n) is 2.21. The summed E-state index contributed by atoms with van der Waals surface area (Å²) in [6.07, 6.45) is 0. The molecule has 1 atom stereocenters. The highest BCUT2D eigenvalue weighted by molar-refractivity contribution is 7.92. The predicted molar refractivity (Wildman–Crippen MR) is 82.7 cm³/mol. The molecule has 0 aliphatic carbocycles. The number of hydrogen-bond donors (Lipinski definition) is 1. The second-order valence-electron chi connectivity index (χ2n) is 6.25. The predicted octanol–water partition coefficient (Wildman–Crippen LogP) is 1.99. The molecule has 0 radical (unpaired) electrons. The first-order chi connectivity index (χ1) is 9.01. The maximum Gasteiger partial charge on any atom is 0.157 e. The molecular formula is C14H27N3O2S. The third-order valence-corrected chi connectivity index (χ3v) is 6.39. The van der Waals surface area contributed by atoms with Gasteiger partial charge in [-0.15, -0.1) is 0 Å². The van der Waals surface area contributed by atoms with Crippen LogP contribution in [0.25, 0.3) is 0 Å². The monoisotopic (exact) mass is 301 g/mol. The van der Waals surface area contributed by atoms with Crippen LogP contribution in [0.5, 0.6) is 0 Å². The number of nitrogens with one attached hydrogen (secondary N) is 1. The van der Waals surface area contributed by atoms with Gasteiger partial charge in [0.1, 0.15) is 0 Å². The molecule has 5 nitrogen and oxygen atoms in total. The third kappa shape index (κ3) is 3.41. The molecule has 0 amide bonds. The number of hydrogen-bond acceptors (Lipinski definition) is 4. The highest BCUT2D eigenvalue weighted by Gasteiger charge is 2.29. The maximum atomic E-state index is 12.2. The Kier molecular flexibility index (Phi) is 5.03. The van der Waals surface area contributed by atoms with Crippen LogP contribution in [-0.4, -0.2) is 35.7 Å². The van der Waals surface area contributed by atoms with Crippen molar-refractivity contribution < 1.29 is 8.42 Å². The molecule has 0 aliphatic rings. The molecule has 0 saturated carbocycles. The Morgan fingerprint density at radius 3 is 2.30 bits per heavy atom. The first kappa shape index (κ1) is 17.2. The minimum atomic E-state index is -3.12. The third-order valence-electron chi connectivity index (χ3n) is 3.81. The van der Waals surface area contributed by atoms with E-state index in [0.717, 1.165) is 17.0 Å². The minimum Gasteiger partial charge on any atom is -0.313 e. The molecule has 0 fully saturated rings. The van der Waals surface area contributed by atoms with Crippen molar-refractivity contribution in [3.05, 3.63) is 17.0 Å². The normalized spacial score (nSPS) is 14.6. The van der Waals surface area contributed by atoms with Gasteiger partial charge in [0.15, 0.2) is 9.84 Å². The number of nitrogens with zero attached hydrogens (tertiary/aromatic N) is 2. The number of rotatable bonds is 5. The van der Waals surface area contributed by atoms with Gasteiger partial charge in [-0.3, -0.25) is 4.68 Å². The lowest BCUT2D eigenvalue weighted by molar-refractivity contribution is 0.545. The molecule has 1 aromatic heterocycles. The largest absolute Gasteiger partial charge is 0.313 e. The second-order valence-corrected chi connectivity index (χ2v) is 9.11. The van der Waals surface area contributed by atoms with Gasteiger partial charge in [-0.25, -0.2) is 8.42 Å². The van der Waals surface area contributed by atoms with Crippen LogP contribution in [0.4, 0.5) is 0 Å². The summed E-state index contributed by atoms with van der Waals surface area (Å²) in [5.41, 5.74) is 3.15. The fourth-order valence-corrected chi connectivity index (χ4v) is 3.24. The molecule has 1 aromatic rings. The summed E-state index contributed by atoms with van der Waals surface area (Å²) in [6, 6.07) is 0.211. The molecule has 0 bridgehead atoms. The van der Waals surface area contributed by atoms with Crippen LogP contribution in [0.2, 0.25) is 0 Å². The van der Waals surface area contributed by atoms with Crippen LogP contribution in [0.3, 0.4) is 0 Å². The Labute approximate surface area is 122 Å². The van der Waals surface area contributed by atoms with Crippen molar-refractivity contribution in [2.24, 2.45) is 0 Å². The van der Waals surface area contributed by atoms with Crippen LogP contribution in [0.1, 0.15) is 50.7 Å². The van der Waals surface area contributed by atoms with Crippen molar-refractivity contribution >= 4 is 9.84 Å². The van der Waals surface area contributed by atoms with Crippen LogP contribution < -0.4 is 5.32 Å². The maximum absolute atomic E-state index is 12.2. The molecule has 1 rings (SSSR count). The Morgan fingerprint density at radius 1 is 1.30 bits per heavy atom. The quantitative estimate of drug-likeness (QED) is 0.903. The summed E-state index contributed by atoms with van der Waals surface area (Å²) in [5.74, 6) is 0.117. The van der Waals surface area contributed by atoms with Crippen LogP contribution in [0, 0.1) is 13.8 Å². The molecule has 1 heterocycles. The highest BCUT2D eigenvalue weighted by atomic mass is 32.2. The smallest absolute Gasteiger partial charge is 0.157 e. The van der Waals surface area contributed by atoms with Gasteiger partial charge in [0, 0.05) is 17.3 Å². The highest BCUT2D eigenvalue weighted by Crippen LogP contribution is 2.22. The summed E-state index contributed by atoms with van der Waals surface area (Å²) in [5, 5.41) is 7.68. The summed E-state index contributed by atoms with van der Waals surface area (Å²) >= 11 is 0. The number of aromatic nitrogens is 2. The van der Waals surface area contributed by atoms with E-state index in [4.69, 9.17) is 0 Å². The van der Waals surface area contributed by atoms with Gasteiger partial charge < -0.3 is 5.32 Å². The van der Waals surface area contributed by atoms with Crippen LogP contribution in [0.15, 0.2) is 0 Å². The molecule has 116 valence electrons. The van der Waals surface area contributed by atoms with Crippen LogP contribution >= 0.6 is 0 Å². The van der Waals surface area contributed by atoms with Gasteiger partial charge in [-0.2, -0.15) is 5.10 Å². The van der Waals surface area contributed by atoms with E-state index in [1.807, 2.05) is 25.6 Å². The van der Waals surface area contributed by atoms with Crippen molar-refractivity contribution in [2.45, 2.75) is 58.9 Å². The van der Waals surface area contributed by atoms with Crippen molar-refractivity contribution in [1.29, 1.82) is 0 Å². The second kappa shape index (κ2) is 5.85. The molecule has 1 N–H and O–H groups in total. The van der Waals surface area contributed by atoms with Crippen LogP contribution in [-0.2, 0) is 16.4 Å². The van der Waals surface area contributed by atoms with Gasteiger partial charge >= 0.3 is 0 Å². The first-order valence-electron chi connectivity index (χ1n) is 6.94. The molecule has 0 aliphatic heterocycles. The van der Waals surface area contributed by atoms with E-state index >= 15 is 0 Å². The van der Waals surface area contributed by atoms with Crippen molar-refractivity contribution in [1.82, 2.24) is 15.1 Å². The molecule has 1 unspecified atom stereocenters. The number of aryl methyl sites for hydroxylation is 2. The van der Waals surface area contributed by atoms with E-state index in [-0.39, 0.29) is 11.8 Å². The van der Waals surface area contributed by atoms with E-state index in [9.17, 15) is 8.42 Å². The average Bonchev–Trinajstić information content (AvgIpc) is 2.59. The van der Waals surface area contributed by atoms with Gasteiger partial charge in [0.25, 0.3) is 0 Å². The summed E-state index contributed by atoms with van der Waals surface area (Å²) < 4.78 is 25.4. The molecule has 0 spiro atoms. The van der Waals surface area contributed by atoms with Gasteiger partial charge in [0.2, 0.25) is 0 Å². The molecule has 20 heavy (non-hydrogen) atoms. The van der Waals surface area contributed by atoms with E-state index in [1.54, 1.807) is 20.8 Å². The van der Waals surface area contributed by atoms with E-state index < -0.39 is 14.6 Å². The van der Waals surface area contributed by atoms with Crippen molar-refractivity contribution in [2.75, 3.05) is 12.8 Å². The standard InChI is InChI=1S/C14H27N3O2S/c1-10(15-7)13-11(2)16-17(12(13)3)8-9-20(18,19)14(4,5)6/h10,15H,8-9H2,1-7H3. The average molecular weight is 301 g/mol. The Balaban J connectivity index is 2.97. The topological polar surface area (TPSA) is 64.0 Å². The zero-order valence-electron chi connectivity index (χ0n) is 13.6. The lowest BCUT2D eigenvalue weighted by Gasteiger charge is -2.19.